The molecule has 3 aromatic heterocycles. The lowest BCUT2D eigenvalue weighted by atomic mass is 10.1. The van der Waals surface area contributed by atoms with Crippen LogP contribution in [0.1, 0.15) is 37.1 Å². The summed E-state index contributed by atoms with van der Waals surface area (Å²) in [4.78, 5) is 30.9. The van der Waals surface area contributed by atoms with Crippen LogP contribution in [-0.4, -0.2) is 31.6 Å². The van der Waals surface area contributed by atoms with Crippen LogP contribution in [0.5, 0.6) is 11.8 Å². The molecule has 8 nitrogen and oxygen atoms in total. The predicted octanol–water partition coefficient (Wildman–Crippen LogP) is 5.41. The van der Waals surface area contributed by atoms with Gasteiger partial charge in [-0.3, -0.25) is 9.36 Å². The van der Waals surface area contributed by atoms with Gasteiger partial charge >= 0.3 is 0 Å². The summed E-state index contributed by atoms with van der Waals surface area (Å²) >= 11 is 12.9. The van der Waals surface area contributed by atoms with Gasteiger partial charge in [-0.2, -0.15) is 4.98 Å². The molecule has 10 heteroatoms. The summed E-state index contributed by atoms with van der Waals surface area (Å²) in [5.41, 5.74) is 2.03. The van der Waals surface area contributed by atoms with Crippen LogP contribution in [-0.2, 0) is 6.61 Å². The van der Waals surface area contributed by atoms with E-state index in [1.807, 2.05) is 26.0 Å². The first kappa shape index (κ1) is 24.6. The first-order valence-electron chi connectivity index (χ1n) is 10.8. The largest absolute Gasteiger partial charge is 0.481 e. The highest BCUT2D eigenvalue weighted by Crippen LogP contribution is 2.29. The van der Waals surface area contributed by atoms with E-state index in [4.69, 9.17) is 32.7 Å². The van der Waals surface area contributed by atoms with Gasteiger partial charge < -0.3 is 9.47 Å². The predicted molar refractivity (Wildman–Crippen MR) is 135 cm³/mol. The fourth-order valence-electron chi connectivity index (χ4n) is 3.41. The van der Waals surface area contributed by atoms with Crippen molar-refractivity contribution in [3.63, 3.8) is 0 Å². The summed E-state index contributed by atoms with van der Waals surface area (Å²) < 4.78 is 12.2. The smallest absolute Gasteiger partial charge is 0.280 e. The molecule has 4 rings (SSSR count). The third-order valence-electron chi connectivity index (χ3n) is 5.19. The van der Waals surface area contributed by atoms with Gasteiger partial charge in [0.2, 0.25) is 11.8 Å². The quantitative estimate of drug-likeness (QED) is 0.327. The summed E-state index contributed by atoms with van der Waals surface area (Å²) in [7, 11) is 1.53. The van der Waals surface area contributed by atoms with Gasteiger partial charge in [-0.05, 0) is 31.2 Å². The van der Waals surface area contributed by atoms with E-state index in [9.17, 15) is 4.79 Å². The lowest BCUT2D eigenvalue weighted by Gasteiger charge is -2.15. The highest BCUT2D eigenvalue weighted by molar-refractivity contribution is 6.33. The molecule has 0 aliphatic rings. The fourth-order valence-corrected chi connectivity index (χ4v) is 3.80. The van der Waals surface area contributed by atoms with Crippen molar-refractivity contribution >= 4 is 23.2 Å². The molecule has 0 aliphatic carbocycles. The van der Waals surface area contributed by atoms with Crippen LogP contribution in [0.3, 0.4) is 0 Å². The number of hydrogen-bond acceptors (Lipinski definition) is 7. The molecule has 0 aliphatic heterocycles. The van der Waals surface area contributed by atoms with Crippen molar-refractivity contribution in [3.8, 4) is 28.7 Å². The molecular formula is C25H23Cl2N5O3. The van der Waals surface area contributed by atoms with Gasteiger partial charge in [-0.1, -0.05) is 49.2 Å². The molecule has 0 atom stereocenters. The molecular weight excluding hydrogens is 489 g/mol. The average Bonchev–Trinajstić information content (AvgIpc) is 2.86. The van der Waals surface area contributed by atoms with Crippen LogP contribution >= 0.6 is 23.2 Å². The molecule has 0 saturated carbocycles. The first-order valence-corrected chi connectivity index (χ1v) is 11.6. The highest BCUT2D eigenvalue weighted by Gasteiger charge is 2.18. The van der Waals surface area contributed by atoms with Crippen LogP contribution in [0.25, 0.3) is 16.9 Å². The Morgan fingerprint density at radius 2 is 1.86 bits per heavy atom. The second-order valence-electron chi connectivity index (χ2n) is 8.00. The van der Waals surface area contributed by atoms with Crippen LogP contribution in [0, 0.1) is 6.92 Å². The third-order valence-corrected chi connectivity index (χ3v) is 5.83. The van der Waals surface area contributed by atoms with E-state index < -0.39 is 5.56 Å². The number of halogens is 2. The van der Waals surface area contributed by atoms with E-state index in [1.165, 1.54) is 11.7 Å². The number of aromatic nitrogens is 5. The zero-order valence-electron chi connectivity index (χ0n) is 19.6. The van der Waals surface area contributed by atoms with Crippen molar-refractivity contribution in [1.29, 1.82) is 0 Å². The van der Waals surface area contributed by atoms with Gasteiger partial charge in [0.05, 0.1) is 29.2 Å². The number of hydrogen-bond donors (Lipinski definition) is 0. The molecule has 0 fully saturated rings. The van der Waals surface area contributed by atoms with E-state index in [2.05, 4.69) is 19.9 Å². The van der Waals surface area contributed by atoms with Gasteiger partial charge in [0.15, 0.2) is 5.02 Å². The molecule has 0 spiro atoms. The molecule has 180 valence electrons. The minimum atomic E-state index is -0.502. The zero-order chi connectivity index (χ0) is 25.1. The van der Waals surface area contributed by atoms with Crippen molar-refractivity contribution in [2.75, 3.05) is 7.11 Å². The molecule has 0 saturated heterocycles. The van der Waals surface area contributed by atoms with Gasteiger partial charge in [0.1, 0.15) is 18.3 Å². The van der Waals surface area contributed by atoms with E-state index >= 15 is 0 Å². The Morgan fingerprint density at radius 3 is 2.60 bits per heavy atom. The van der Waals surface area contributed by atoms with Crippen LogP contribution in [0.4, 0.5) is 0 Å². The van der Waals surface area contributed by atoms with E-state index in [-0.39, 0.29) is 23.4 Å². The second kappa shape index (κ2) is 10.4. The van der Waals surface area contributed by atoms with E-state index in [0.717, 1.165) is 17.1 Å². The van der Waals surface area contributed by atoms with Gasteiger partial charge in [-0.25, -0.2) is 15.0 Å². The van der Waals surface area contributed by atoms with Crippen molar-refractivity contribution in [1.82, 2.24) is 24.5 Å². The summed E-state index contributed by atoms with van der Waals surface area (Å²) in [5.74, 6) is 1.73. The molecule has 0 amide bonds. The van der Waals surface area contributed by atoms with Crippen LogP contribution in [0.15, 0.2) is 53.5 Å². The van der Waals surface area contributed by atoms with Crippen molar-refractivity contribution in [2.24, 2.45) is 0 Å². The Labute approximate surface area is 212 Å². The SMILES string of the molecule is COc1cccc(COc2nc(C)n(-c3cc(-c4ccnc(C(C)C)n4)ccc3Cl)c(=O)c2Cl)n1. The lowest BCUT2D eigenvalue weighted by Crippen LogP contribution is -2.24. The summed E-state index contributed by atoms with van der Waals surface area (Å²) in [6.45, 7) is 5.79. The van der Waals surface area contributed by atoms with Crippen molar-refractivity contribution in [3.05, 3.63) is 86.4 Å². The molecule has 0 radical (unpaired) electrons. The number of nitrogens with zero attached hydrogens (tertiary/aromatic N) is 5. The highest BCUT2D eigenvalue weighted by atomic mass is 35.5. The number of pyridine rings is 1. The first-order chi connectivity index (χ1) is 16.8. The van der Waals surface area contributed by atoms with Gasteiger partial charge in [-0.15, -0.1) is 0 Å². The third kappa shape index (κ3) is 5.28. The number of benzene rings is 1. The molecule has 35 heavy (non-hydrogen) atoms. The van der Waals surface area contributed by atoms with Crippen molar-refractivity contribution < 1.29 is 9.47 Å². The second-order valence-corrected chi connectivity index (χ2v) is 8.78. The molecule has 3 heterocycles. The molecule has 0 bridgehead atoms. The molecule has 0 N–H and O–H groups in total. The number of ether oxygens (including phenoxy) is 2. The monoisotopic (exact) mass is 511 g/mol. The molecule has 1 aromatic carbocycles. The summed E-state index contributed by atoms with van der Waals surface area (Å²) in [5, 5.41) is 0.202. The Bertz CT molecular complexity index is 1440. The maximum atomic E-state index is 13.3. The molecule has 0 unspecified atom stereocenters. The summed E-state index contributed by atoms with van der Waals surface area (Å²) in [6.07, 6.45) is 1.71. The van der Waals surface area contributed by atoms with Gasteiger partial charge in [0.25, 0.3) is 5.56 Å². The van der Waals surface area contributed by atoms with Crippen molar-refractivity contribution in [2.45, 2.75) is 33.3 Å². The minimum absolute atomic E-state index is 0.0136. The Kier molecular flexibility index (Phi) is 7.33. The Balaban J connectivity index is 1.70. The topological polar surface area (TPSA) is 92.0 Å². The molecule has 4 aromatic rings. The van der Waals surface area contributed by atoms with E-state index in [0.29, 0.717) is 28.1 Å². The number of aryl methyl sites for hydroxylation is 1. The number of methoxy groups -OCH3 is 1. The Hall–Kier alpha value is -3.49. The average molecular weight is 512 g/mol. The van der Waals surface area contributed by atoms with E-state index in [1.54, 1.807) is 43.5 Å². The van der Waals surface area contributed by atoms with Crippen LogP contribution in [0.2, 0.25) is 10.0 Å². The lowest BCUT2D eigenvalue weighted by molar-refractivity contribution is 0.284. The minimum Gasteiger partial charge on any atom is -0.481 e. The standard InChI is InChI=1S/C25H23Cl2N5O3/c1-14(2)23-28-11-10-19(31-23)16-8-9-18(26)20(12-16)32-15(3)29-24(22(27)25(32)33)35-13-17-6-5-7-21(30-17)34-4/h5-12,14H,13H2,1-4H3. The Morgan fingerprint density at radius 1 is 1.06 bits per heavy atom. The zero-order valence-corrected chi connectivity index (χ0v) is 21.1. The summed E-state index contributed by atoms with van der Waals surface area (Å²) in [6, 6.07) is 12.4. The maximum absolute atomic E-state index is 13.3. The maximum Gasteiger partial charge on any atom is 0.280 e. The van der Waals surface area contributed by atoms with Crippen LogP contribution < -0.4 is 15.0 Å². The fraction of sp³-hybridized carbons (Fsp3) is 0.240. The van der Waals surface area contributed by atoms with Gasteiger partial charge in [0, 0.05) is 23.7 Å². The number of rotatable bonds is 7. The normalized spacial score (nSPS) is 11.1.